The molecule has 23 heavy (non-hydrogen) atoms. The highest BCUT2D eigenvalue weighted by Gasteiger charge is 2.19. The zero-order valence-corrected chi connectivity index (χ0v) is 14.0. The van der Waals surface area contributed by atoms with Gasteiger partial charge in [0.2, 0.25) is 0 Å². The van der Waals surface area contributed by atoms with E-state index in [9.17, 15) is 5.11 Å². The van der Waals surface area contributed by atoms with Crippen LogP contribution >= 0.6 is 0 Å². The molecule has 0 bridgehead atoms. The number of hydrogen-bond acceptors (Lipinski definition) is 4. The Labute approximate surface area is 138 Å². The molecule has 2 aromatic carbocycles. The molecule has 124 valence electrons. The van der Waals surface area contributed by atoms with E-state index in [4.69, 9.17) is 9.47 Å². The lowest BCUT2D eigenvalue weighted by Crippen LogP contribution is -2.30. The molecule has 2 aromatic rings. The first-order valence-electron chi connectivity index (χ1n) is 7.82. The average molecular weight is 315 g/mol. The molecule has 0 aliphatic heterocycles. The second kappa shape index (κ2) is 8.56. The van der Waals surface area contributed by atoms with Crippen LogP contribution in [0, 0.1) is 0 Å². The van der Waals surface area contributed by atoms with Gasteiger partial charge in [0.1, 0.15) is 0 Å². The number of para-hydroxylation sites is 1. The van der Waals surface area contributed by atoms with Gasteiger partial charge in [0, 0.05) is 18.2 Å². The van der Waals surface area contributed by atoms with Crippen molar-refractivity contribution in [1.29, 1.82) is 0 Å². The fourth-order valence-corrected chi connectivity index (χ4v) is 2.64. The third-order valence-electron chi connectivity index (χ3n) is 3.75. The molecule has 0 saturated carbocycles. The lowest BCUT2D eigenvalue weighted by atomic mass is 9.97. The summed E-state index contributed by atoms with van der Waals surface area (Å²) in [6, 6.07) is 16.2. The van der Waals surface area contributed by atoms with Gasteiger partial charge in [-0.05, 0) is 25.0 Å². The Hall–Kier alpha value is -2.04. The first kappa shape index (κ1) is 17.3. The molecular weight excluding hydrogens is 290 g/mol. The number of nitrogens with one attached hydrogen (secondary N) is 1. The summed E-state index contributed by atoms with van der Waals surface area (Å²) >= 11 is 0. The predicted octanol–water partition coefficient (Wildman–Crippen LogP) is 2.96. The SMILES string of the molecule is COc1cccc([C@@H](Cc2ccccc2)NC[C@H](C)O)c1OC. The molecule has 0 unspecified atom stereocenters. The van der Waals surface area contributed by atoms with E-state index in [1.807, 2.05) is 36.4 Å². The van der Waals surface area contributed by atoms with Crippen LogP contribution in [0.15, 0.2) is 48.5 Å². The summed E-state index contributed by atoms with van der Waals surface area (Å²) in [6.45, 7) is 2.28. The van der Waals surface area contributed by atoms with Crippen LogP contribution in [0.3, 0.4) is 0 Å². The molecule has 4 heteroatoms. The molecule has 0 saturated heterocycles. The number of benzene rings is 2. The van der Waals surface area contributed by atoms with Crippen LogP contribution in [0.25, 0.3) is 0 Å². The molecule has 0 fully saturated rings. The molecule has 2 atom stereocenters. The number of rotatable bonds is 8. The van der Waals surface area contributed by atoms with Crippen molar-refractivity contribution >= 4 is 0 Å². The van der Waals surface area contributed by atoms with Crippen LogP contribution in [0.4, 0.5) is 0 Å². The normalized spacial score (nSPS) is 13.4. The Balaban J connectivity index is 2.32. The molecule has 4 nitrogen and oxygen atoms in total. The summed E-state index contributed by atoms with van der Waals surface area (Å²) in [4.78, 5) is 0. The summed E-state index contributed by atoms with van der Waals surface area (Å²) < 4.78 is 11.0. The van der Waals surface area contributed by atoms with Crippen molar-refractivity contribution in [3.05, 3.63) is 59.7 Å². The van der Waals surface area contributed by atoms with Crippen LogP contribution in [-0.4, -0.2) is 32.0 Å². The van der Waals surface area contributed by atoms with Crippen molar-refractivity contribution < 1.29 is 14.6 Å². The zero-order valence-electron chi connectivity index (χ0n) is 14.0. The van der Waals surface area contributed by atoms with Gasteiger partial charge in [-0.2, -0.15) is 0 Å². The molecule has 0 heterocycles. The number of methoxy groups -OCH3 is 2. The number of ether oxygens (including phenoxy) is 2. The molecule has 0 radical (unpaired) electrons. The molecule has 0 aliphatic rings. The fraction of sp³-hybridized carbons (Fsp3) is 0.368. The highest BCUT2D eigenvalue weighted by atomic mass is 16.5. The van der Waals surface area contributed by atoms with Gasteiger partial charge in [-0.1, -0.05) is 42.5 Å². The Kier molecular flexibility index (Phi) is 6.44. The number of hydrogen-bond donors (Lipinski definition) is 2. The number of aliphatic hydroxyl groups is 1. The van der Waals surface area contributed by atoms with Crippen molar-refractivity contribution in [2.45, 2.75) is 25.5 Å². The van der Waals surface area contributed by atoms with Gasteiger partial charge in [0.25, 0.3) is 0 Å². The molecule has 0 amide bonds. The van der Waals surface area contributed by atoms with Crippen molar-refractivity contribution in [2.75, 3.05) is 20.8 Å². The monoisotopic (exact) mass is 315 g/mol. The average Bonchev–Trinajstić information content (AvgIpc) is 2.58. The minimum atomic E-state index is -0.412. The van der Waals surface area contributed by atoms with E-state index in [1.165, 1.54) is 5.56 Å². The summed E-state index contributed by atoms with van der Waals surface area (Å²) in [7, 11) is 3.28. The minimum Gasteiger partial charge on any atom is -0.493 e. The maximum atomic E-state index is 9.62. The van der Waals surface area contributed by atoms with E-state index < -0.39 is 6.10 Å². The van der Waals surface area contributed by atoms with Crippen LogP contribution in [0.5, 0.6) is 11.5 Å². The second-order valence-electron chi connectivity index (χ2n) is 5.58. The van der Waals surface area contributed by atoms with Crippen LogP contribution < -0.4 is 14.8 Å². The van der Waals surface area contributed by atoms with Gasteiger partial charge >= 0.3 is 0 Å². The Morgan fingerprint density at radius 3 is 2.35 bits per heavy atom. The summed E-state index contributed by atoms with van der Waals surface area (Å²) in [5.41, 5.74) is 2.25. The Morgan fingerprint density at radius 2 is 1.74 bits per heavy atom. The zero-order chi connectivity index (χ0) is 16.7. The minimum absolute atomic E-state index is 0.0250. The van der Waals surface area contributed by atoms with Crippen LogP contribution in [-0.2, 0) is 6.42 Å². The molecule has 2 rings (SSSR count). The van der Waals surface area contributed by atoms with E-state index >= 15 is 0 Å². The van der Waals surface area contributed by atoms with Gasteiger partial charge in [0.15, 0.2) is 11.5 Å². The summed E-state index contributed by atoms with van der Waals surface area (Å²) in [5.74, 6) is 1.44. The van der Waals surface area contributed by atoms with Gasteiger partial charge < -0.3 is 19.9 Å². The second-order valence-corrected chi connectivity index (χ2v) is 5.58. The number of aliphatic hydroxyl groups excluding tert-OH is 1. The van der Waals surface area contributed by atoms with E-state index in [0.29, 0.717) is 12.3 Å². The van der Waals surface area contributed by atoms with Gasteiger partial charge in [0.05, 0.1) is 20.3 Å². The maximum absolute atomic E-state index is 9.62. The maximum Gasteiger partial charge on any atom is 0.165 e. The van der Waals surface area contributed by atoms with E-state index in [0.717, 1.165) is 17.7 Å². The smallest absolute Gasteiger partial charge is 0.165 e. The molecule has 0 aliphatic carbocycles. The molecule has 0 aromatic heterocycles. The molecular formula is C19H25NO3. The molecule has 0 spiro atoms. The Bertz CT molecular complexity index is 599. The van der Waals surface area contributed by atoms with E-state index in [1.54, 1.807) is 21.1 Å². The van der Waals surface area contributed by atoms with Crippen molar-refractivity contribution in [3.8, 4) is 11.5 Å². The quantitative estimate of drug-likeness (QED) is 0.786. The van der Waals surface area contributed by atoms with Crippen molar-refractivity contribution in [3.63, 3.8) is 0 Å². The standard InChI is InChI=1S/C19H25NO3/c1-14(21)13-20-17(12-15-8-5-4-6-9-15)16-10-7-11-18(22-2)19(16)23-3/h4-11,14,17,20-21H,12-13H2,1-3H3/t14-,17+/m0/s1. The highest BCUT2D eigenvalue weighted by Crippen LogP contribution is 2.35. The van der Waals surface area contributed by atoms with Gasteiger partial charge in [-0.3, -0.25) is 0 Å². The van der Waals surface area contributed by atoms with Crippen LogP contribution in [0.2, 0.25) is 0 Å². The predicted molar refractivity (Wildman–Crippen MR) is 92.1 cm³/mol. The molecule has 2 N–H and O–H groups in total. The first-order chi connectivity index (χ1) is 11.2. The first-order valence-corrected chi connectivity index (χ1v) is 7.82. The van der Waals surface area contributed by atoms with Crippen molar-refractivity contribution in [1.82, 2.24) is 5.32 Å². The lowest BCUT2D eigenvalue weighted by molar-refractivity contribution is 0.185. The summed E-state index contributed by atoms with van der Waals surface area (Å²) in [6.07, 6.45) is 0.391. The van der Waals surface area contributed by atoms with Crippen molar-refractivity contribution in [2.24, 2.45) is 0 Å². The van der Waals surface area contributed by atoms with Gasteiger partial charge in [-0.25, -0.2) is 0 Å². The summed E-state index contributed by atoms with van der Waals surface area (Å²) in [5, 5.41) is 13.0. The Morgan fingerprint density at radius 1 is 1.00 bits per heavy atom. The largest absolute Gasteiger partial charge is 0.493 e. The third-order valence-corrected chi connectivity index (χ3v) is 3.75. The highest BCUT2D eigenvalue weighted by molar-refractivity contribution is 5.48. The van der Waals surface area contributed by atoms with Gasteiger partial charge in [-0.15, -0.1) is 0 Å². The topological polar surface area (TPSA) is 50.7 Å². The lowest BCUT2D eigenvalue weighted by Gasteiger charge is -2.23. The fourth-order valence-electron chi connectivity index (χ4n) is 2.64. The van der Waals surface area contributed by atoms with Crippen LogP contribution in [0.1, 0.15) is 24.1 Å². The van der Waals surface area contributed by atoms with E-state index in [2.05, 4.69) is 17.4 Å². The van der Waals surface area contributed by atoms with E-state index in [-0.39, 0.29) is 6.04 Å². The third kappa shape index (κ3) is 4.71.